The van der Waals surface area contributed by atoms with Gasteiger partial charge in [-0.1, -0.05) is 38.4 Å². The Balaban J connectivity index is 2.90. The van der Waals surface area contributed by atoms with E-state index in [1.54, 1.807) is 6.07 Å². The lowest BCUT2D eigenvalue weighted by atomic mass is 9.96. The lowest BCUT2D eigenvalue weighted by Crippen LogP contribution is -2.28. The minimum Gasteiger partial charge on any atom is -0.310 e. The van der Waals surface area contributed by atoms with Crippen LogP contribution in [0.4, 0.5) is 5.82 Å². The summed E-state index contributed by atoms with van der Waals surface area (Å²) < 4.78 is 0. The van der Waals surface area contributed by atoms with Gasteiger partial charge >= 0.3 is 0 Å². The molecule has 1 aromatic heterocycles. The summed E-state index contributed by atoms with van der Waals surface area (Å²) in [6.45, 7) is 7.42. The van der Waals surface area contributed by atoms with Crippen molar-refractivity contribution < 1.29 is 4.79 Å². The van der Waals surface area contributed by atoms with Gasteiger partial charge in [-0.3, -0.25) is 4.79 Å². The molecule has 15 heavy (non-hydrogen) atoms. The Hall–Kier alpha value is -1.09. The van der Waals surface area contributed by atoms with E-state index in [9.17, 15) is 4.79 Å². The van der Waals surface area contributed by atoms with Gasteiger partial charge in [0.2, 0.25) is 5.91 Å². The van der Waals surface area contributed by atoms with Crippen LogP contribution in [0.5, 0.6) is 0 Å². The fourth-order valence-electron chi connectivity index (χ4n) is 0.927. The molecule has 0 aliphatic carbocycles. The van der Waals surface area contributed by atoms with Crippen molar-refractivity contribution in [2.45, 2.75) is 27.7 Å². The average molecular weight is 227 g/mol. The number of carbonyl (C=O) groups is 1. The second-order valence-electron chi connectivity index (χ2n) is 4.50. The molecule has 1 amide bonds. The first kappa shape index (κ1) is 12.0. The van der Waals surface area contributed by atoms with E-state index in [0.717, 1.165) is 5.56 Å². The molecule has 0 fully saturated rings. The van der Waals surface area contributed by atoms with Crippen LogP contribution in [0.3, 0.4) is 0 Å². The lowest BCUT2D eigenvalue weighted by Gasteiger charge is -2.18. The largest absolute Gasteiger partial charge is 0.310 e. The summed E-state index contributed by atoms with van der Waals surface area (Å²) in [5.74, 6) is 0.461. The molecule has 0 bridgehead atoms. The number of carbonyl (C=O) groups excluding carboxylic acids is 1. The molecule has 3 nitrogen and oxygen atoms in total. The number of halogens is 1. The third-order valence-corrected chi connectivity index (χ3v) is 2.19. The summed E-state index contributed by atoms with van der Waals surface area (Å²) in [4.78, 5) is 15.8. The monoisotopic (exact) mass is 226 g/mol. The van der Waals surface area contributed by atoms with Crippen LogP contribution >= 0.6 is 11.6 Å². The molecule has 0 aliphatic rings. The average Bonchev–Trinajstić information content (AvgIpc) is 2.09. The van der Waals surface area contributed by atoms with Crippen molar-refractivity contribution in [2.24, 2.45) is 5.41 Å². The SMILES string of the molecule is Cc1ccc(Cl)nc1NC(=O)C(C)(C)C. The number of aromatic nitrogens is 1. The zero-order chi connectivity index (χ0) is 11.6. The Morgan fingerprint density at radius 3 is 2.53 bits per heavy atom. The number of hydrogen-bond acceptors (Lipinski definition) is 2. The van der Waals surface area contributed by atoms with Crippen LogP contribution in [0.1, 0.15) is 26.3 Å². The van der Waals surface area contributed by atoms with Crippen LogP contribution in [-0.4, -0.2) is 10.9 Å². The first-order chi connectivity index (χ1) is 6.80. The van der Waals surface area contributed by atoms with Crippen LogP contribution < -0.4 is 5.32 Å². The normalized spacial score (nSPS) is 11.3. The second-order valence-corrected chi connectivity index (χ2v) is 4.89. The molecule has 0 aliphatic heterocycles. The van der Waals surface area contributed by atoms with Crippen molar-refractivity contribution in [3.8, 4) is 0 Å². The van der Waals surface area contributed by atoms with Gasteiger partial charge in [0.25, 0.3) is 0 Å². The van der Waals surface area contributed by atoms with Crippen LogP contribution in [0, 0.1) is 12.3 Å². The zero-order valence-corrected chi connectivity index (χ0v) is 10.1. The lowest BCUT2D eigenvalue weighted by molar-refractivity contribution is -0.123. The molecular weight excluding hydrogens is 212 g/mol. The molecular formula is C11H15ClN2O. The van der Waals surface area contributed by atoms with Gasteiger partial charge in [0.15, 0.2) is 0 Å². The van der Waals surface area contributed by atoms with E-state index in [1.165, 1.54) is 0 Å². The smallest absolute Gasteiger partial charge is 0.230 e. The number of amides is 1. The van der Waals surface area contributed by atoms with Gasteiger partial charge in [0, 0.05) is 5.41 Å². The Morgan fingerprint density at radius 1 is 1.40 bits per heavy atom. The molecule has 0 spiro atoms. The van der Waals surface area contributed by atoms with Crippen LogP contribution in [0.2, 0.25) is 5.15 Å². The van der Waals surface area contributed by atoms with Gasteiger partial charge in [-0.25, -0.2) is 4.98 Å². The second kappa shape index (κ2) is 4.19. The maximum absolute atomic E-state index is 11.7. The highest BCUT2D eigenvalue weighted by molar-refractivity contribution is 6.29. The highest BCUT2D eigenvalue weighted by Crippen LogP contribution is 2.19. The summed E-state index contributed by atoms with van der Waals surface area (Å²) in [6, 6.07) is 3.53. The predicted octanol–water partition coefficient (Wildman–Crippen LogP) is 3.03. The molecule has 0 radical (unpaired) electrons. The summed E-state index contributed by atoms with van der Waals surface area (Å²) in [5, 5.41) is 3.14. The molecule has 0 unspecified atom stereocenters. The van der Waals surface area contributed by atoms with E-state index < -0.39 is 5.41 Å². The summed E-state index contributed by atoms with van der Waals surface area (Å²) in [5.41, 5.74) is 0.466. The third kappa shape index (κ3) is 3.20. The minimum atomic E-state index is -0.434. The molecule has 0 saturated heterocycles. The van der Waals surface area contributed by atoms with Gasteiger partial charge in [0.05, 0.1) is 0 Å². The first-order valence-electron chi connectivity index (χ1n) is 4.75. The van der Waals surface area contributed by atoms with E-state index in [1.807, 2.05) is 33.8 Å². The van der Waals surface area contributed by atoms with E-state index in [4.69, 9.17) is 11.6 Å². The van der Waals surface area contributed by atoms with Crippen molar-refractivity contribution in [1.82, 2.24) is 4.98 Å². The van der Waals surface area contributed by atoms with Crippen molar-refractivity contribution in [3.05, 3.63) is 22.8 Å². The molecule has 1 aromatic rings. The molecule has 1 rings (SSSR count). The van der Waals surface area contributed by atoms with E-state index in [-0.39, 0.29) is 5.91 Å². The van der Waals surface area contributed by atoms with Crippen LogP contribution in [0.25, 0.3) is 0 Å². The number of anilines is 1. The van der Waals surface area contributed by atoms with Gasteiger partial charge in [-0.15, -0.1) is 0 Å². The number of pyridine rings is 1. The van der Waals surface area contributed by atoms with E-state index >= 15 is 0 Å². The maximum Gasteiger partial charge on any atom is 0.230 e. The van der Waals surface area contributed by atoms with Crippen molar-refractivity contribution in [2.75, 3.05) is 5.32 Å². The highest BCUT2D eigenvalue weighted by Gasteiger charge is 2.22. The molecule has 0 atom stereocenters. The van der Waals surface area contributed by atoms with E-state index in [2.05, 4.69) is 10.3 Å². The first-order valence-corrected chi connectivity index (χ1v) is 5.13. The molecule has 82 valence electrons. The summed E-state index contributed by atoms with van der Waals surface area (Å²) in [6.07, 6.45) is 0. The summed E-state index contributed by atoms with van der Waals surface area (Å²) in [7, 11) is 0. The third-order valence-electron chi connectivity index (χ3n) is 1.98. The van der Waals surface area contributed by atoms with Gasteiger partial charge in [-0.2, -0.15) is 0 Å². The van der Waals surface area contributed by atoms with Crippen molar-refractivity contribution in [3.63, 3.8) is 0 Å². The van der Waals surface area contributed by atoms with E-state index in [0.29, 0.717) is 11.0 Å². The molecule has 1 heterocycles. The van der Waals surface area contributed by atoms with Gasteiger partial charge < -0.3 is 5.32 Å². The Morgan fingerprint density at radius 2 is 2.00 bits per heavy atom. The van der Waals surface area contributed by atoms with Crippen molar-refractivity contribution >= 4 is 23.3 Å². The Bertz CT molecular complexity index is 383. The molecule has 1 N–H and O–H groups in total. The van der Waals surface area contributed by atoms with Gasteiger partial charge in [0.1, 0.15) is 11.0 Å². The topological polar surface area (TPSA) is 42.0 Å². The van der Waals surface area contributed by atoms with Crippen LogP contribution in [0.15, 0.2) is 12.1 Å². The fraction of sp³-hybridized carbons (Fsp3) is 0.455. The Labute approximate surface area is 94.9 Å². The fourth-order valence-corrected chi connectivity index (χ4v) is 1.07. The standard InChI is InChI=1S/C11H15ClN2O/c1-7-5-6-8(12)13-9(7)14-10(15)11(2,3)4/h5-6H,1-4H3,(H,13,14,15). The number of aryl methyl sites for hydroxylation is 1. The van der Waals surface area contributed by atoms with Crippen molar-refractivity contribution in [1.29, 1.82) is 0 Å². The van der Waals surface area contributed by atoms with Gasteiger partial charge in [-0.05, 0) is 18.6 Å². The molecule has 0 aromatic carbocycles. The number of nitrogens with zero attached hydrogens (tertiary/aromatic N) is 1. The zero-order valence-electron chi connectivity index (χ0n) is 9.39. The van der Waals surface area contributed by atoms with Crippen LogP contribution in [-0.2, 0) is 4.79 Å². The minimum absolute atomic E-state index is 0.0691. The molecule has 4 heteroatoms. The maximum atomic E-state index is 11.7. The molecule has 0 saturated carbocycles. The predicted molar refractivity (Wildman–Crippen MR) is 62.1 cm³/mol. The highest BCUT2D eigenvalue weighted by atomic mass is 35.5. The number of rotatable bonds is 1. The Kier molecular flexibility index (Phi) is 3.35. The number of hydrogen-bond donors (Lipinski definition) is 1. The number of nitrogens with one attached hydrogen (secondary N) is 1. The summed E-state index contributed by atoms with van der Waals surface area (Å²) >= 11 is 5.75. The quantitative estimate of drug-likeness (QED) is 0.748.